The molecule has 0 bridgehead atoms. The van der Waals surface area contributed by atoms with Gasteiger partial charge in [0.25, 0.3) is 0 Å². The molecule has 0 atom stereocenters. The van der Waals surface area contributed by atoms with E-state index in [9.17, 15) is 0 Å². The summed E-state index contributed by atoms with van der Waals surface area (Å²) in [5, 5.41) is 0.631. The number of hydrogen-bond donors (Lipinski definition) is 0. The van der Waals surface area contributed by atoms with E-state index in [1.807, 2.05) is 78.9 Å². The van der Waals surface area contributed by atoms with Crippen LogP contribution in [-0.2, 0) is 0 Å². The highest BCUT2D eigenvalue weighted by molar-refractivity contribution is 6.31. The third-order valence-corrected chi connectivity index (χ3v) is 6.40. The molecule has 0 amide bonds. The fourth-order valence-corrected chi connectivity index (χ4v) is 4.54. The Labute approximate surface area is 221 Å². The quantitative estimate of drug-likeness (QED) is 0.240. The molecule has 0 aliphatic carbocycles. The van der Waals surface area contributed by atoms with Gasteiger partial charge < -0.3 is 0 Å². The molecule has 5 aromatic carbocycles. The second-order valence-electron chi connectivity index (χ2n) is 8.71. The highest BCUT2D eigenvalue weighted by atomic mass is 35.5. The molecule has 1 aromatic heterocycles. The Kier molecular flexibility index (Phi) is 6.28. The van der Waals surface area contributed by atoms with Gasteiger partial charge in [0.1, 0.15) is 0 Å². The monoisotopic (exact) mass is 495 g/mol. The van der Waals surface area contributed by atoms with Gasteiger partial charge in [-0.2, -0.15) is 0 Å². The van der Waals surface area contributed by atoms with Gasteiger partial charge in [0, 0.05) is 21.7 Å². The smallest absolute Gasteiger partial charge is 0.164 e. The Hall–Kier alpha value is -4.60. The SMILES string of the molecule is Clc1cc(-c2ccccc2)cc(-c2nc(-c3ccccc3)nc(-c3ccc(-c4ccccc4)cc3)n2)c1. The maximum Gasteiger partial charge on any atom is 0.164 e. The third-order valence-electron chi connectivity index (χ3n) is 6.18. The van der Waals surface area contributed by atoms with Gasteiger partial charge in [-0.3, -0.25) is 0 Å². The van der Waals surface area contributed by atoms with Crippen LogP contribution in [0, 0.1) is 0 Å². The van der Waals surface area contributed by atoms with Crippen molar-refractivity contribution in [2.75, 3.05) is 0 Å². The lowest BCUT2D eigenvalue weighted by atomic mass is 10.0. The molecule has 0 saturated heterocycles. The van der Waals surface area contributed by atoms with Crippen molar-refractivity contribution in [2.24, 2.45) is 0 Å². The second kappa shape index (κ2) is 10.2. The van der Waals surface area contributed by atoms with Crippen LogP contribution in [0.4, 0.5) is 0 Å². The van der Waals surface area contributed by atoms with Crippen molar-refractivity contribution in [1.29, 1.82) is 0 Å². The first-order valence-electron chi connectivity index (χ1n) is 12.1. The Morgan fingerprint density at radius 2 is 0.676 bits per heavy atom. The molecule has 0 aliphatic rings. The van der Waals surface area contributed by atoms with Crippen LogP contribution >= 0.6 is 11.6 Å². The van der Waals surface area contributed by atoms with Gasteiger partial charge in [-0.05, 0) is 40.5 Å². The zero-order chi connectivity index (χ0) is 25.0. The van der Waals surface area contributed by atoms with E-state index < -0.39 is 0 Å². The minimum absolute atomic E-state index is 0.579. The van der Waals surface area contributed by atoms with Gasteiger partial charge in [-0.15, -0.1) is 0 Å². The Morgan fingerprint density at radius 3 is 1.22 bits per heavy atom. The van der Waals surface area contributed by atoms with Crippen LogP contribution in [0.3, 0.4) is 0 Å². The van der Waals surface area contributed by atoms with Crippen molar-refractivity contribution in [3.05, 3.63) is 138 Å². The van der Waals surface area contributed by atoms with Crippen LogP contribution in [0.5, 0.6) is 0 Å². The molecule has 6 aromatic rings. The lowest BCUT2D eigenvalue weighted by Crippen LogP contribution is -2.00. The van der Waals surface area contributed by atoms with E-state index in [-0.39, 0.29) is 0 Å². The topological polar surface area (TPSA) is 38.7 Å². The summed E-state index contributed by atoms with van der Waals surface area (Å²) in [5.41, 5.74) is 7.10. The molecular formula is C33H22ClN3. The Bertz CT molecular complexity index is 1650. The summed E-state index contributed by atoms with van der Waals surface area (Å²) < 4.78 is 0. The lowest BCUT2D eigenvalue weighted by molar-refractivity contribution is 1.07. The Morgan fingerprint density at radius 1 is 0.324 bits per heavy atom. The van der Waals surface area contributed by atoms with E-state index in [0.29, 0.717) is 22.5 Å². The normalized spacial score (nSPS) is 10.8. The molecule has 6 rings (SSSR count). The summed E-state index contributed by atoms with van der Waals surface area (Å²) in [7, 11) is 0. The number of hydrogen-bond acceptors (Lipinski definition) is 3. The maximum atomic E-state index is 6.57. The molecule has 0 aliphatic heterocycles. The largest absolute Gasteiger partial charge is 0.208 e. The number of halogens is 1. The highest BCUT2D eigenvalue weighted by Gasteiger charge is 2.14. The molecule has 0 fully saturated rings. The number of benzene rings is 5. The van der Waals surface area contributed by atoms with Crippen molar-refractivity contribution >= 4 is 11.6 Å². The summed E-state index contributed by atoms with van der Waals surface area (Å²) in [4.78, 5) is 14.6. The van der Waals surface area contributed by atoms with Crippen molar-refractivity contribution in [3.8, 4) is 56.4 Å². The predicted molar refractivity (Wildman–Crippen MR) is 152 cm³/mol. The number of rotatable bonds is 5. The molecule has 0 unspecified atom stereocenters. The van der Waals surface area contributed by atoms with Gasteiger partial charge in [0.15, 0.2) is 17.5 Å². The average molecular weight is 496 g/mol. The van der Waals surface area contributed by atoms with Crippen LogP contribution in [0.15, 0.2) is 133 Å². The summed E-state index contributed by atoms with van der Waals surface area (Å²) in [6.45, 7) is 0. The molecule has 0 radical (unpaired) electrons. The fraction of sp³-hybridized carbons (Fsp3) is 0. The van der Waals surface area contributed by atoms with E-state index in [0.717, 1.165) is 33.4 Å². The minimum Gasteiger partial charge on any atom is -0.208 e. The van der Waals surface area contributed by atoms with Crippen LogP contribution < -0.4 is 0 Å². The summed E-state index contributed by atoms with van der Waals surface area (Å²) in [6.07, 6.45) is 0. The molecule has 0 saturated carbocycles. The molecule has 3 nitrogen and oxygen atoms in total. The third kappa shape index (κ3) is 5.04. The van der Waals surface area contributed by atoms with Crippen molar-refractivity contribution in [3.63, 3.8) is 0 Å². The highest BCUT2D eigenvalue weighted by Crippen LogP contribution is 2.31. The van der Waals surface area contributed by atoms with Crippen molar-refractivity contribution in [1.82, 2.24) is 15.0 Å². The summed E-state index contributed by atoms with van der Waals surface area (Å²) in [6, 6.07) is 44.7. The first-order chi connectivity index (χ1) is 18.2. The average Bonchev–Trinajstić information content (AvgIpc) is 2.98. The lowest BCUT2D eigenvalue weighted by Gasteiger charge is -2.11. The standard InChI is InChI=1S/C33H22ClN3/c34-30-21-28(24-12-6-2-7-13-24)20-29(22-30)33-36-31(26-14-8-3-9-15-26)35-32(37-33)27-18-16-25(17-19-27)23-10-4-1-5-11-23/h1-22H. The molecule has 0 N–H and O–H groups in total. The minimum atomic E-state index is 0.579. The van der Waals surface area contributed by atoms with Gasteiger partial charge in [0.05, 0.1) is 0 Å². The van der Waals surface area contributed by atoms with E-state index in [2.05, 4.69) is 54.6 Å². The van der Waals surface area contributed by atoms with Crippen LogP contribution in [-0.4, -0.2) is 15.0 Å². The van der Waals surface area contributed by atoms with Crippen LogP contribution in [0.25, 0.3) is 56.4 Å². The zero-order valence-electron chi connectivity index (χ0n) is 19.9. The number of aromatic nitrogens is 3. The second-order valence-corrected chi connectivity index (χ2v) is 9.15. The first kappa shape index (κ1) is 22.8. The summed E-state index contributed by atoms with van der Waals surface area (Å²) in [5.74, 6) is 1.81. The van der Waals surface area contributed by atoms with Gasteiger partial charge in [-0.25, -0.2) is 15.0 Å². The number of nitrogens with zero attached hydrogens (tertiary/aromatic N) is 3. The molecule has 176 valence electrons. The van der Waals surface area contributed by atoms with Gasteiger partial charge >= 0.3 is 0 Å². The molecule has 1 heterocycles. The Balaban J connectivity index is 1.47. The van der Waals surface area contributed by atoms with E-state index in [1.165, 1.54) is 5.56 Å². The fourth-order valence-electron chi connectivity index (χ4n) is 4.31. The van der Waals surface area contributed by atoms with Gasteiger partial charge in [-0.1, -0.05) is 127 Å². The van der Waals surface area contributed by atoms with Crippen molar-refractivity contribution in [2.45, 2.75) is 0 Å². The first-order valence-corrected chi connectivity index (χ1v) is 12.4. The van der Waals surface area contributed by atoms with Crippen molar-refractivity contribution < 1.29 is 0 Å². The maximum absolute atomic E-state index is 6.57. The molecule has 37 heavy (non-hydrogen) atoms. The molecular weight excluding hydrogens is 474 g/mol. The van der Waals surface area contributed by atoms with E-state index in [4.69, 9.17) is 26.6 Å². The van der Waals surface area contributed by atoms with Crippen LogP contribution in [0.2, 0.25) is 5.02 Å². The van der Waals surface area contributed by atoms with E-state index >= 15 is 0 Å². The van der Waals surface area contributed by atoms with E-state index in [1.54, 1.807) is 0 Å². The molecule has 0 spiro atoms. The predicted octanol–water partition coefficient (Wildman–Crippen LogP) is 8.86. The van der Waals surface area contributed by atoms with Gasteiger partial charge in [0.2, 0.25) is 0 Å². The summed E-state index contributed by atoms with van der Waals surface area (Å²) >= 11 is 6.57. The zero-order valence-corrected chi connectivity index (χ0v) is 20.7. The molecule has 4 heteroatoms. The van der Waals surface area contributed by atoms with Crippen LogP contribution in [0.1, 0.15) is 0 Å².